The molecule has 0 unspecified atom stereocenters. The molecule has 0 saturated heterocycles. The summed E-state index contributed by atoms with van der Waals surface area (Å²) < 4.78 is 49.3. The van der Waals surface area contributed by atoms with E-state index in [2.05, 4.69) is 10.5 Å². The summed E-state index contributed by atoms with van der Waals surface area (Å²) in [5, 5.41) is 6.38. The van der Waals surface area contributed by atoms with Crippen LogP contribution in [0.15, 0.2) is 45.3 Å². The fourth-order valence-electron chi connectivity index (χ4n) is 2.51. The summed E-state index contributed by atoms with van der Waals surface area (Å²) in [7, 11) is 0. The molecule has 1 N–H and O–H groups in total. The second kappa shape index (κ2) is 6.70. The Morgan fingerprint density at radius 3 is 2.62 bits per heavy atom. The number of halogens is 3. The van der Waals surface area contributed by atoms with E-state index < -0.39 is 17.6 Å². The van der Waals surface area contributed by atoms with Crippen LogP contribution in [0.25, 0.3) is 11.3 Å². The first-order chi connectivity index (χ1) is 12.3. The smallest absolute Gasteiger partial charge is 0.416 e. The lowest BCUT2D eigenvalue weighted by Gasteiger charge is -2.08. The van der Waals surface area contributed by atoms with Crippen LogP contribution in [-0.4, -0.2) is 11.1 Å². The SMILES string of the molecule is Cc1ccc(CNC(=O)c2c(C)noc2-c2cccc(C(F)(F)F)c2)o1. The molecule has 3 rings (SSSR count). The Labute approximate surface area is 146 Å². The molecule has 3 aromatic rings. The number of hydrogen-bond donors (Lipinski definition) is 1. The summed E-state index contributed by atoms with van der Waals surface area (Å²) in [4.78, 5) is 12.5. The number of furan rings is 1. The fraction of sp³-hybridized carbons (Fsp3) is 0.222. The molecule has 5 nitrogen and oxygen atoms in total. The highest BCUT2D eigenvalue weighted by Gasteiger charge is 2.31. The van der Waals surface area contributed by atoms with Crippen LogP contribution < -0.4 is 5.32 Å². The zero-order valence-corrected chi connectivity index (χ0v) is 14.0. The van der Waals surface area contributed by atoms with Crippen LogP contribution in [0.2, 0.25) is 0 Å². The van der Waals surface area contributed by atoms with Crippen molar-refractivity contribution in [3.63, 3.8) is 0 Å². The molecular weight excluding hydrogens is 349 g/mol. The number of hydrogen-bond acceptors (Lipinski definition) is 4. The van der Waals surface area contributed by atoms with Crippen molar-refractivity contribution in [2.24, 2.45) is 0 Å². The van der Waals surface area contributed by atoms with Crippen molar-refractivity contribution in [2.75, 3.05) is 0 Å². The summed E-state index contributed by atoms with van der Waals surface area (Å²) in [5.41, 5.74) is -0.334. The largest absolute Gasteiger partial charge is 0.465 e. The molecule has 0 aliphatic heterocycles. The van der Waals surface area contributed by atoms with Crippen molar-refractivity contribution in [3.8, 4) is 11.3 Å². The minimum atomic E-state index is -4.50. The van der Waals surface area contributed by atoms with E-state index in [1.807, 2.05) is 0 Å². The summed E-state index contributed by atoms with van der Waals surface area (Å²) in [6, 6.07) is 8.05. The number of carbonyl (C=O) groups excluding carboxylic acids is 1. The molecule has 2 aromatic heterocycles. The molecule has 1 amide bonds. The number of nitrogens with zero attached hydrogens (tertiary/aromatic N) is 1. The average molecular weight is 364 g/mol. The maximum Gasteiger partial charge on any atom is 0.416 e. The molecule has 0 bridgehead atoms. The number of aromatic nitrogens is 1. The van der Waals surface area contributed by atoms with Crippen molar-refractivity contribution in [1.29, 1.82) is 0 Å². The van der Waals surface area contributed by atoms with Crippen LogP contribution in [0.1, 0.15) is 33.1 Å². The third-order valence-corrected chi connectivity index (χ3v) is 3.76. The van der Waals surface area contributed by atoms with E-state index in [1.54, 1.807) is 26.0 Å². The predicted octanol–water partition coefficient (Wildman–Crippen LogP) is 4.50. The third-order valence-electron chi connectivity index (χ3n) is 3.76. The van der Waals surface area contributed by atoms with Gasteiger partial charge < -0.3 is 14.3 Å². The van der Waals surface area contributed by atoms with Crippen LogP contribution >= 0.6 is 0 Å². The van der Waals surface area contributed by atoms with E-state index in [-0.39, 0.29) is 29.1 Å². The maximum absolute atomic E-state index is 12.9. The second-order valence-electron chi connectivity index (χ2n) is 5.75. The average Bonchev–Trinajstić information content (AvgIpc) is 3.18. The second-order valence-corrected chi connectivity index (χ2v) is 5.75. The van der Waals surface area contributed by atoms with Gasteiger partial charge in [-0.15, -0.1) is 0 Å². The first-order valence-corrected chi connectivity index (χ1v) is 7.73. The third kappa shape index (κ3) is 3.63. The highest BCUT2D eigenvalue weighted by Crippen LogP contribution is 2.33. The minimum Gasteiger partial charge on any atom is -0.465 e. The highest BCUT2D eigenvalue weighted by molar-refractivity contribution is 6.00. The van der Waals surface area contributed by atoms with Crippen molar-refractivity contribution < 1.29 is 26.9 Å². The van der Waals surface area contributed by atoms with Crippen LogP contribution in [0.4, 0.5) is 13.2 Å². The van der Waals surface area contributed by atoms with Gasteiger partial charge in [-0.2, -0.15) is 13.2 Å². The van der Waals surface area contributed by atoms with Crippen LogP contribution in [0, 0.1) is 13.8 Å². The highest BCUT2D eigenvalue weighted by atomic mass is 19.4. The van der Waals surface area contributed by atoms with Gasteiger partial charge >= 0.3 is 6.18 Å². The molecule has 0 fully saturated rings. The van der Waals surface area contributed by atoms with E-state index in [9.17, 15) is 18.0 Å². The number of rotatable bonds is 4. The Morgan fingerprint density at radius 2 is 1.96 bits per heavy atom. The zero-order chi connectivity index (χ0) is 18.9. The molecular formula is C18H15F3N2O3. The van der Waals surface area contributed by atoms with Crippen LogP contribution in [0.5, 0.6) is 0 Å². The van der Waals surface area contributed by atoms with Crippen molar-refractivity contribution >= 4 is 5.91 Å². The van der Waals surface area contributed by atoms with Gasteiger partial charge in [-0.1, -0.05) is 17.3 Å². The van der Waals surface area contributed by atoms with Crippen molar-refractivity contribution in [3.05, 3.63) is 64.7 Å². The first kappa shape index (κ1) is 17.8. The van der Waals surface area contributed by atoms with E-state index in [0.717, 1.165) is 12.1 Å². The minimum absolute atomic E-state index is 0.0123. The lowest BCUT2D eigenvalue weighted by molar-refractivity contribution is -0.137. The fourth-order valence-corrected chi connectivity index (χ4v) is 2.51. The molecule has 1 aromatic carbocycles. The molecule has 26 heavy (non-hydrogen) atoms. The molecule has 8 heteroatoms. The van der Waals surface area contributed by atoms with Gasteiger partial charge in [0.05, 0.1) is 17.8 Å². The number of benzene rings is 1. The standard InChI is InChI=1S/C18H15F3N2O3/c1-10-6-7-14(25-10)9-22-17(24)15-11(2)23-26-16(15)12-4-3-5-13(8-12)18(19,20)21/h3-8H,9H2,1-2H3,(H,22,24). The van der Waals surface area contributed by atoms with Gasteiger partial charge in [0.25, 0.3) is 5.91 Å². The Hall–Kier alpha value is -3.03. The Balaban J connectivity index is 1.88. The monoisotopic (exact) mass is 364 g/mol. The summed E-state index contributed by atoms with van der Waals surface area (Å²) in [5.74, 6) is 0.748. The molecule has 0 aliphatic carbocycles. The van der Waals surface area contributed by atoms with Crippen molar-refractivity contribution in [2.45, 2.75) is 26.6 Å². The summed E-state index contributed by atoms with van der Waals surface area (Å²) in [6.45, 7) is 3.47. The molecule has 0 saturated carbocycles. The Kier molecular flexibility index (Phi) is 4.58. The molecule has 0 atom stereocenters. The number of alkyl halides is 3. The van der Waals surface area contributed by atoms with Gasteiger partial charge in [0.1, 0.15) is 17.1 Å². The molecule has 136 valence electrons. The number of amides is 1. The lowest BCUT2D eigenvalue weighted by Crippen LogP contribution is -2.23. The molecule has 2 heterocycles. The van der Waals surface area contributed by atoms with Gasteiger partial charge in [-0.3, -0.25) is 4.79 Å². The maximum atomic E-state index is 12.9. The van der Waals surface area contributed by atoms with Gasteiger partial charge in [0.2, 0.25) is 0 Å². The zero-order valence-electron chi connectivity index (χ0n) is 14.0. The van der Waals surface area contributed by atoms with E-state index in [0.29, 0.717) is 11.5 Å². The predicted molar refractivity (Wildman–Crippen MR) is 86.3 cm³/mol. The molecule has 0 spiro atoms. The van der Waals surface area contributed by atoms with E-state index in [4.69, 9.17) is 8.94 Å². The topological polar surface area (TPSA) is 68.3 Å². The van der Waals surface area contributed by atoms with Crippen molar-refractivity contribution in [1.82, 2.24) is 10.5 Å². The number of aryl methyl sites for hydroxylation is 2. The van der Waals surface area contributed by atoms with E-state index in [1.165, 1.54) is 12.1 Å². The van der Waals surface area contributed by atoms with Gasteiger partial charge in [-0.05, 0) is 38.1 Å². The van der Waals surface area contributed by atoms with Gasteiger partial charge in [-0.25, -0.2) is 0 Å². The lowest BCUT2D eigenvalue weighted by atomic mass is 10.0. The quantitative estimate of drug-likeness (QED) is 0.740. The van der Waals surface area contributed by atoms with Crippen LogP contribution in [0.3, 0.4) is 0 Å². The Morgan fingerprint density at radius 1 is 1.19 bits per heavy atom. The van der Waals surface area contributed by atoms with Crippen LogP contribution in [-0.2, 0) is 12.7 Å². The van der Waals surface area contributed by atoms with Gasteiger partial charge in [0.15, 0.2) is 5.76 Å². The van der Waals surface area contributed by atoms with Gasteiger partial charge in [0, 0.05) is 5.56 Å². The summed E-state index contributed by atoms with van der Waals surface area (Å²) in [6.07, 6.45) is -4.50. The Bertz CT molecular complexity index is 941. The normalized spacial score (nSPS) is 11.6. The summed E-state index contributed by atoms with van der Waals surface area (Å²) >= 11 is 0. The number of nitrogens with one attached hydrogen (secondary N) is 1. The van der Waals surface area contributed by atoms with E-state index >= 15 is 0 Å². The first-order valence-electron chi connectivity index (χ1n) is 7.73. The molecule has 0 aliphatic rings. The molecule has 0 radical (unpaired) electrons. The number of carbonyl (C=O) groups is 1.